The van der Waals surface area contributed by atoms with Gasteiger partial charge >= 0.3 is 5.97 Å². The Morgan fingerprint density at radius 3 is 2.69 bits per heavy atom. The fraction of sp³-hybridized carbons (Fsp3) is 0.389. The summed E-state index contributed by atoms with van der Waals surface area (Å²) in [4.78, 5) is 27.1. The van der Waals surface area contributed by atoms with Gasteiger partial charge in [-0.2, -0.15) is 0 Å². The maximum absolute atomic E-state index is 12.3. The molecule has 0 fully saturated rings. The number of carboxylic acid groups (broad SMARTS) is 1. The number of ether oxygens (including phenoxy) is 2. The standard InChI is InChI=1S/C18H22N2O5S/c1-11(2)9-25-14-5-4-12(8-15(14)24-3)17(21)19-7-6-16-20-13(10-26-16)18(22)23/h4-5,8,10-11H,6-7,9H2,1-3H3,(H,19,21)(H,22,23). The zero-order chi connectivity index (χ0) is 19.1. The van der Waals surface area contributed by atoms with Gasteiger partial charge in [-0.05, 0) is 24.1 Å². The van der Waals surface area contributed by atoms with Crippen molar-refractivity contribution in [2.75, 3.05) is 20.3 Å². The molecule has 2 N–H and O–H groups in total. The van der Waals surface area contributed by atoms with E-state index < -0.39 is 5.97 Å². The van der Waals surface area contributed by atoms with E-state index in [0.29, 0.717) is 47.6 Å². The van der Waals surface area contributed by atoms with E-state index >= 15 is 0 Å². The molecule has 1 heterocycles. The number of carbonyl (C=O) groups excluding carboxylic acids is 1. The number of carboxylic acids is 1. The number of carbonyl (C=O) groups is 2. The number of thiazole rings is 1. The van der Waals surface area contributed by atoms with Crippen LogP contribution in [0.1, 0.15) is 39.7 Å². The molecule has 140 valence electrons. The van der Waals surface area contributed by atoms with Crippen LogP contribution in [0.15, 0.2) is 23.6 Å². The lowest BCUT2D eigenvalue weighted by Gasteiger charge is -2.13. The monoisotopic (exact) mass is 378 g/mol. The average molecular weight is 378 g/mol. The van der Waals surface area contributed by atoms with Gasteiger partial charge in [-0.1, -0.05) is 13.8 Å². The molecule has 0 atom stereocenters. The molecule has 2 rings (SSSR count). The van der Waals surface area contributed by atoms with E-state index in [-0.39, 0.29) is 11.6 Å². The van der Waals surface area contributed by atoms with Crippen molar-refractivity contribution in [3.63, 3.8) is 0 Å². The molecule has 7 nitrogen and oxygen atoms in total. The summed E-state index contributed by atoms with van der Waals surface area (Å²) in [5.41, 5.74) is 0.488. The van der Waals surface area contributed by atoms with E-state index in [4.69, 9.17) is 14.6 Å². The van der Waals surface area contributed by atoms with Gasteiger partial charge in [0, 0.05) is 23.9 Å². The summed E-state index contributed by atoms with van der Waals surface area (Å²) in [7, 11) is 1.53. The Balaban J connectivity index is 1.92. The lowest BCUT2D eigenvalue weighted by molar-refractivity contribution is 0.0690. The molecule has 0 unspecified atom stereocenters. The second-order valence-corrected chi connectivity index (χ2v) is 6.95. The topological polar surface area (TPSA) is 97.8 Å². The summed E-state index contributed by atoms with van der Waals surface area (Å²) in [5.74, 6) is 0.193. The van der Waals surface area contributed by atoms with Crippen LogP contribution >= 0.6 is 11.3 Å². The van der Waals surface area contributed by atoms with Crippen LogP contribution in [0.25, 0.3) is 0 Å². The number of benzene rings is 1. The van der Waals surface area contributed by atoms with Crippen molar-refractivity contribution in [1.82, 2.24) is 10.3 Å². The molecule has 0 aliphatic rings. The molecule has 1 amide bonds. The molecule has 0 bridgehead atoms. The molecule has 0 saturated carbocycles. The van der Waals surface area contributed by atoms with Crippen molar-refractivity contribution in [2.24, 2.45) is 5.92 Å². The van der Waals surface area contributed by atoms with E-state index in [9.17, 15) is 9.59 Å². The van der Waals surface area contributed by atoms with E-state index in [0.717, 1.165) is 0 Å². The van der Waals surface area contributed by atoms with E-state index in [1.807, 2.05) is 0 Å². The van der Waals surface area contributed by atoms with Crippen LogP contribution in [0.3, 0.4) is 0 Å². The number of methoxy groups -OCH3 is 1. The number of aromatic carboxylic acids is 1. The zero-order valence-electron chi connectivity index (χ0n) is 14.9. The summed E-state index contributed by atoms with van der Waals surface area (Å²) in [6.45, 7) is 5.03. The van der Waals surface area contributed by atoms with Crippen LogP contribution in [-0.4, -0.2) is 42.2 Å². The number of amides is 1. The van der Waals surface area contributed by atoms with Gasteiger partial charge in [-0.3, -0.25) is 4.79 Å². The highest BCUT2D eigenvalue weighted by molar-refractivity contribution is 7.09. The molecule has 1 aromatic heterocycles. The summed E-state index contributed by atoms with van der Waals surface area (Å²) >= 11 is 1.26. The molecule has 0 aliphatic carbocycles. The van der Waals surface area contributed by atoms with Crippen LogP contribution < -0.4 is 14.8 Å². The van der Waals surface area contributed by atoms with Gasteiger partial charge in [0.05, 0.1) is 18.7 Å². The molecular formula is C18H22N2O5S. The molecular weight excluding hydrogens is 356 g/mol. The van der Waals surface area contributed by atoms with E-state index in [1.165, 1.54) is 23.8 Å². The number of hydrogen-bond donors (Lipinski definition) is 2. The van der Waals surface area contributed by atoms with Gasteiger partial charge in [-0.15, -0.1) is 11.3 Å². The lowest BCUT2D eigenvalue weighted by Crippen LogP contribution is -2.25. The number of rotatable bonds is 9. The normalized spacial score (nSPS) is 10.6. The Morgan fingerprint density at radius 2 is 2.08 bits per heavy atom. The lowest BCUT2D eigenvalue weighted by atomic mass is 10.2. The Morgan fingerprint density at radius 1 is 1.31 bits per heavy atom. The second-order valence-electron chi connectivity index (χ2n) is 6.01. The molecule has 26 heavy (non-hydrogen) atoms. The molecule has 0 saturated heterocycles. The smallest absolute Gasteiger partial charge is 0.355 e. The van der Waals surface area contributed by atoms with Crippen molar-refractivity contribution in [3.05, 3.63) is 39.8 Å². The second kappa shape index (κ2) is 9.19. The third-order valence-electron chi connectivity index (χ3n) is 3.39. The Kier molecular flexibility index (Phi) is 6.97. The van der Waals surface area contributed by atoms with Crippen molar-refractivity contribution in [3.8, 4) is 11.5 Å². The van der Waals surface area contributed by atoms with E-state index in [1.54, 1.807) is 18.2 Å². The molecule has 1 aromatic carbocycles. The molecule has 0 spiro atoms. The van der Waals surface area contributed by atoms with Gasteiger partial charge < -0.3 is 19.9 Å². The molecule has 2 aromatic rings. The fourth-order valence-corrected chi connectivity index (χ4v) is 2.87. The fourth-order valence-electron chi connectivity index (χ4n) is 2.09. The first-order valence-electron chi connectivity index (χ1n) is 8.17. The molecule has 0 radical (unpaired) electrons. The van der Waals surface area contributed by atoms with Crippen LogP contribution in [-0.2, 0) is 6.42 Å². The predicted molar refractivity (Wildman–Crippen MR) is 98.4 cm³/mol. The summed E-state index contributed by atoms with van der Waals surface area (Å²) < 4.78 is 11.0. The minimum atomic E-state index is -1.05. The van der Waals surface area contributed by atoms with Crippen LogP contribution in [0, 0.1) is 5.92 Å². The van der Waals surface area contributed by atoms with Crippen LogP contribution in [0.4, 0.5) is 0 Å². The molecule has 8 heteroatoms. The quantitative estimate of drug-likeness (QED) is 0.696. The zero-order valence-corrected chi connectivity index (χ0v) is 15.8. The Labute approximate surface area is 156 Å². The predicted octanol–water partition coefficient (Wildman–Crippen LogP) is 2.86. The summed E-state index contributed by atoms with van der Waals surface area (Å²) in [5, 5.41) is 13.8. The van der Waals surface area contributed by atoms with Crippen molar-refractivity contribution in [1.29, 1.82) is 0 Å². The first-order valence-corrected chi connectivity index (χ1v) is 9.05. The maximum atomic E-state index is 12.3. The van der Waals surface area contributed by atoms with Gasteiger partial charge in [0.2, 0.25) is 0 Å². The largest absolute Gasteiger partial charge is 0.493 e. The minimum absolute atomic E-state index is 0.0260. The highest BCUT2D eigenvalue weighted by atomic mass is 32.1. The van der Waals surface area contributed by atoms with Crippen molar-refractivity contribution >= 4 is 23.2 Å². The minimum Gasteiger partial charge on any atom is -0.493 e. The van der Waals surface area contributed by atoms with Gasteiger partial charge in [-0.25, -0.2) is 9.78 Å². The van der Waals surface area contributed by atoms with Crippen LogP contribution in [0.5, 0.6) is 11.5 Å². The first kappa shape index (κ1) is 19.7. The van der Waals surface area contributed by atoms with E-state index in [2.05, 4.69) is 24.1 Å². The van der Waals surface area contributed by atoms with Gasteiger partial charge in [0.15, 0.2) is 17.2 Å². The third kappa shape index (κ3) is 5.45. The Hall–Kier alpha value is -2.61. The first-order chi connectivity index (χ1) is 12.4. The number of nitrogens with one attached hydrogen (secondary N) is 1. The number of aromatic nitrogens is 1. The maximum Gasteiger partial charge on any atom is 0.355 e. The van der Waals surface area contributed by atoms with Gasteiger partial charge in [0.25, 0.3) is 5.91 Å². The third-order valence-corrected chi connectivity index (χ3v) is 4.30. The number of hydrogen-bond acceptors (Lipinski definition) is 6. The van der Waals surface area contributed by atoms with Crippen molar-refractivity contribution < 1.29 is 24.2 Å². The Bertz CT molecular complexity index is 773. The summed E-state index contributed by atoms with van der Waals surface area (Å²) in [6.07, 6.45) is 0.469. The highest BCUT2D eigenvalue weighted by Gasteiger charge is 2.12. The molecule has 0 aliphatic heterocycles. The summed E-state index contributed by atoms with van der Waals surface area (Å²) in [6, 6.07) is 5.03. The van der Waals surface area contributed by atoms with Crippen molar-refractivity contribution in [2.45, 2.75) is 20.3 Å². The average Bonchev–Trinajstić information content (AvgIpc) is 3.08. The highest BCUT2D eigenvalue weighted by Crippen LogP contribution is 2.28. The van der Waals surface area contributed by atoms with Crippen LogP contribution in [0.2, 0.25) is 0 Å². The SMILES string of the molecule is COc1cc(C(=O)NCCc2nc(C(=O)O)cs2)ccc1OCC(C)C. The van der Waals surface area contributed by atoms with Gasteiger partial charge in [0.1, 0.15) is 0 Å². The number of nitrogens with zero attached hydrogens (tertiary/aromatic N) is 1.